The van der Waals surface area contributed by atoms with Crippen LogP contribution in [0, 0.1) is 0 Å². The Morgan fingerprint density at radius 3 is 2.71 bits per heavy atom. The van der Waals surface area contributed by atoms with Crippen LogP contribution in [-0.4, -0.2) is 23.2 Å². The van der Waals surface area contributed by atoms with Crippen molar-refractivity contribution < 1.29 is 13.9 Å². The Bertz CT molecular complexity index is 735. The molecule has 3 rings (SSSR count). The summed E-state index contributed by atoms with van der Waals surface area (Å²) in [5.74, 6) is 0.804. The van der Waals surface area contributed by atoms with Gasteiger partial charge in [0, 0.05) is 5.56 Å². The van der Waals surface area contributed by atoms with Crippen molar-refractivity contribution in [1.82, 2.24) is 10.2 Å². The van der Waals surface area contributed by atoms with Crippen LogP contribution in [0.3, 0.4) is 0 Å². The minimum absolute atomic E-state index is 0.0687. The van der Waals surface area contributed by atoms with Gasteiger partial charge in [0.15, 0.2) is 0 Å². The molecule has 0 aliphatic carbocycles. The Morgan fingerprint density at radius 1 is 1.24 bits per heavy atom. The molecule has 2 aromatic heterocycles. The second kappa shape index (κ2) is 5.76. The number of amides is 1. The van der Waals surface area contributed by atoms with Crippen LogP contribution in [0.1, 0.15) is 9.67 Å². The first kappa shape index (κ1) is 13.3. The number of nitrogens with one attached hydrogen (secondary N) is 1. The molecule has 0 aliphatic heterocycles. The summed E-state index contributed by atoms with van der Waals surface area (Å²) < 4.78 is 10.5. The minimum atomic E-state index is -0.269. The highest BCUT2D eigenvalue weighted by Crippen LogP contribution is 2.22. The molecule has 0 radical (unpaired) electrons. The number of methoxy groups -OCH3 is 1. The van der Waals surface area contributed by atoms with E-state index in [-0.39, 0.29) is 11.9 Å². The first-order valence-corrected chi connectivity index (χ1v) is 6.97. The molecule has 0 fully saturated rings. The van der Waals surface area contributed by atoms with Gasteiger partial charge >= 0.3 is 6.01 Å². The molecule has 0 bridgehead atoms. The van der Waals surface area contributed by atoms with Crippen LogP contribution >= 0.6 is 11.3 Å². The average molecular weight is 301 g/mol. The number of aromatic nitrogens is 2. The number of ether oxygens (including phenoxy) is 1. The zero-order chi connectivity index (χ0) is 14.7. The number of nitrogens with zero attached hydrogens (tertiary/aromatic N) is 2. The van der Waals surface area contributed by atoms with Crippen molar-refractivity contribution in [3.8, 4) is 17.2 Å². The summed E-state index contributed by atoms with van der Waals surface area (Å²) in [6.45, 7) is 0. The fourth-order valence-electron chi connectivity index (χ4n) is 1.69. The molecule has 0 aliphatic rings. The van der Waals surface area contributed by atoms with Crippen molar-refractivity contribution >= 4 is 23.3 Å². The molecule has 1 amide bonds. The zero-order valence-electron chi connectivity index (χ0n) is 11.1. The maximum absolute atomic E-state index is 11.9. The third-order valence-corrected chi connectivity index (χ3v) is 3.60. The van der Waals surface area contributed by atoms with E-state index in [4.69, 9.17) is 9.15 Å². The number of hydrogen-bond acceptors (Lipinski definition) is 6. The smallest absolute Gasteiger partial charge is 0.322 e. The van der Waals surface area contributed by atoms with E-state index in [1.54, 1.807) is 43.5 Å². The Hall–Kier alpha value is -2.67. The molecule has 1 aromatic carbocycles. The van der Waals surface area contributed by atoms with Crippen LogP contribution in [0.2, 0.25) is 0 Å². The van der Waals surface area contributed by atoms with Crippen LogP contribution in [0.4, 0.5) is 6.01 Å². The summed E-state index contributed by atoms with van der Waals surface area (Å²) in [4.78, 5) is 12.4. The van der Waals surface area contributed by atoms with Crippen molar-refractivity contribution in [2.45, 2.75) is 0 Å². The summed E-state index contributed by atoms with van der Waals surface area (Å²) in [5, 5.41) is 12.1. The lowest BCUT2D eigenvalue weighted by Crippen LogP contribution is -2.10. The molecule has 2 heterocycles. The fourth-order valence-corrected chi connectivity index (χ4v) is 2.31. The maximum Gasteiger partial charge on any atom is 0.322 e. The molecular weight excluding hydrogens is 290 g/mol. The van der Waals surface area contributed by atoms with Crippen molar-refractivity contribution in [3.05, 3.63) is 46.7 Å². The number of carbonyl (C=O) groups is 1. The van der Waals surface area contributed by atoms with E-state index in [1.807, 2.05) is 5.38 Å². The number of hydrogen-bond donors (Lipinski definition) is 1. The van der Waals surface area contributed by atoms with E-state index in [0.29, 0.717) is 10.8 Å². The Morgan fingerprint density at radius 2 is 2.05 bits per heavy atom. The molecule has 7 heteroatoms. The van der Waals surface area contributed by atoms with Gasteiger partial charge in [-0.15, -0.1) is 16.4 Å². The monoisotopic (exact) mass is 301 g/mol. The van der Waals surface area contributed by atoms with Crippen LogP contribution in [0.25, 0.3) is 11.5 Å². The predicted octanol–water partition coefficient (Wildman–Crippen LogP) is 3.06. The van der Waals surface area contributed by atoms with Crippen LogP contribution in [0.5, 0.6) is 5.75 Å². The Balaban J connectivity index is 1.75. The normalized spacial score (nSPS) is 10.3. The van der Waals surface area contributed by atoms with E-state index in [2.05, 4.69) is 15.5 Å². The fraction of sp³-hybridized carbons (Fsp3) is 0.0714. The highest BCUT2D eigenvalue weighted by Gasteiger charge is 2.13. The first-order valence-electron chi connectivity index (χ1n) is 6.09. The quantitative estimate of drug-likeness (QED) is 0.801. The molecule has 0 spiro atoms. The van der Waals surface area contributed by atoms with Crippen molar-refractivity contribution in [1.29, 1.82) is 0 Å². The number of thiophene rings is 1. The predicted molar refractivity (Wildman–Crippen MR) is 78.6 cm³/mol. The summed E-state index contributed by atoms with van der Waals surface area (Å²) in [5.41, 5.74) is 0.750. The lowest BCUT2D eigenvalue weighted by Gasteiger charge is -1.99. The van der Waals surface area contributed by atoms with Crippen LogP contribution < -0.4 is 10.1 Å². The third kappa shape index (κ3) is 2.92. The SMILES string of the molecule is COc1ccc(-c2nnc(NC(=O)c3cccs3)o2)cc1. The maximum atomic E-state index is 11.9. The molecular formula is C14H11N3O3S. The van der Waals surface area contributed by atoms with E-state index in [1.165, 1.54) is 11.3 Å². The molecule has 6 nitrogen and oxygen atoms in total. The Labute approximate surface area is 124 Å². The zero-order valence-corrected chi connectivity index (χ0v) is 11.9. The van der Waals surface area contributed by atoms with Crippen molar-refractivity contribution in [2.24, 2.45) is 0 Å². The summed E-state index contributed by atoms with van der Waals surface area (Å²) >= 11 is 1.34. The molecule has 0 saturated heterocycles. The molecule has 0 atom stereocenters. The lowest BCUT2D eigenvalue weighted by atomic mass is 10.2. The highest BCUT2D eigenvalue weighted by atomic mass is 32.1. The summed E-state index contributed by atoms with van der Waals surface area (Å²) in [6.07, 6.45) is 0. The average Bonchev–Trinajstić information content (AvgIpc) is 3.19. The topological polar surface area (TPSA) is 77.3 Å². The van der Waals surface area contributed by atoms with Gasteiger partial charge < -0.3 is 9.15 Å². The van der Waals surface area contributed by atoms with E-state index in [9.17, 15) is 4.79 Å². The second-order valence-electron chi connectivity index (χ2n) is 4.07. The number of benzene rings is 1. The third-order valence-electron chi connectivity index (χ3n) is 2.73. The molecule has 0 unspecified atom stereocenters. The van der Waals surface area contributed by atoms with Crippen LogP contribution in [-0.2, 0) is 0 Å². The molecule has 3 aromatic rings. The first-order chi connectivity index (χ1) is 10.3. The number of rotatable bonds is 4. The van der Waals surface area contributed by atoms with Gasteiger partial charge in [-0.2, -0.15) is 0 Å². The number of anilines is 1. The van der Waals surface area contributed by atoms with Crippen molar-refractivity contribution in [2.75, 3.05) is 12.4 Å². The molecule has 0 saturated carbocycles. The van der Waals surface area contributed by atoms with Gasteiger partial charge in [0.05, 0.1) is 12.0 Å². The van der Waals surface area contributed by atoms with Gasteiger partial charge in [-0.05, 0) is 35.7 Å². The van der Waals surface area contributed by atoms with E-state index < -0.39 is 0 Å². The summed E-state index contributed by atoms with van der Waals surface area (Å²) in [6, 6.07) is 10.8. The van der Waals surface area contributed by atoms with Gasteiger partial charge in [0.25, 0.3) is 5.91 Å². The Kier molecular flexibility index (Phi) is 3.65. The summed E-state index contributed by atoms with van der Waals surface area (Å²) in [7, 11) is 1.60. The van der Waals surface area contributed by atoms with Gasteiger partial charge in [-0.3, -0.25) is 10.1 Å². The molecule has 21 heavy (non-hydrogen) atoms. The van der Waals surface area contributed by atoms with Crippen molar-refractivity contribution in [3.63, 3.8) is 0 Å². The minimum Gasteiger partial charge on any atom is -0.497 e. The van der Waals surface area contributed by atoms with Crippen LogP contribution in [0.15, 0.2) is 46.2 Å². The largest absolute Gasteiger partial charge is 0.497 e. The highest BCUT2D eigenvalue weighted by molar-refractivity contribution is 7.12. The van der Waals surface area contributed by atoms with Gasteiger partial charge in [-0.1, -0.05) is 11.2 Å². The standard InChI is InChI=1S/C14H11N3O3S/c1-19-10-6-4-9(5-7-10)13-16-17-14(20-13)15-12(18)11-3-2-8-21-11/h2-8H,1H3,(H,15,17,18). The molecule has 106 valence electrons. The van der Waals surface area contributed by atoms with Gasteiger partial charge in [0.1, 0.15) is 5.75 Å². The van der Waals surface area contributed by atoms with E-state index >= 15 is 0 Å². The van der Waals surface area contributed by atoms with Gasteiger partial charge in [0.2, 0.25) is 5.89 Å². The lowest BCUT2D eigenvalue weighted by molar-refractivity contribution is 0.102. The second-order valence-corrected chi connectivity index (χ2v) is 5.02. The van der Waals surface area contributed by atoms with E-state index in [0.717, 1.165) is 11.3 Å². The molecule has 1 N–H and O–H groups in total. The van der Waals surface area contributed by atoms with Gasteiger partial charge in [-0.25, -0.2) is 0 Å². The number of carbonyl (C=O) groups excluding carboxylic acids is 1.